The maximum Gasteiger partial charge on any atom is 0.211 e. The molecule has 4 aromatic heterocycles. The molecule has 12 heteroatoms. The second-order valence-electron chi connectivity index (χ2n) is 9.51. The lowest BCUT2D eigenvalue weighted by atomic mass is 10.1. The zero-order chi connectivity index (χ0) is 27.0. The van der Waals surface area contributed by atoms with Gasteiger partial charge in [0.25, 0.3) is 0 Å². The van der Waals surface area contributed by atoms with Gasteiger partial charge in [-0.3, -0.25) is 4.90 Å². The van der Waals surface area contributed by atoms with Gasteiger partial charge in [-0.1, -0.05) is 30.3 Å². The van der Waals surface area contributed by atoms with Crippen LogP contribution in [0.5, 0.6) is 5.75 Å². The third-order valence-corrected chi connectivity index (χ3v) is 9.24. The molecule has 0 unspecified atom stereocenters. The van der Waals surface area contributed by atoms with Gasteiger partial charge in [-0.2, -0.15) is 9.40 Å². The molecule has 0 bridgehead atoms. The highest BCUT2D eigenvalue weighted by Gasteiger charge is 2.24. The molecule has 5 heterocycles. The summed E-state index contributed by atoms with van der Waals surface area (Å²) in [5.74, 6) is 1.54. The SMILES string of the molecule is Cc1nn2ccc(OCCN3CCN(S(C)(=O)=O)CC3)cc2c1-c1nc(-c2ccccc2)c(-c2ncc[nH]2)s1. The Hall–Kier alpha value is -3.58. The highest BCUT2D eigenvalue weighted by Crippen LogP contribution is 2.41. The number of fused-ring (bicyclic) bond motifs is 1. The van der Waals surface area contributed by atoms with Gasteiger partial charge in [0, 0.05) is 62.9 Å². The summed E-state index contributed by atoms with van der Waals surface area (Å²) < 4.78 is 33.0. The molecule has 1 aromatic carbocycles. The van der Waals surface area contributed by atoms with E-state index in [9.17, 15) is 8.42 Å². The summed E-state index contributed by atoms with van der Waals surface area (Å²) in [6.45, 7) is 5.67. The predicted octanol–water partition coefficient (Wildman–Crippen LogP) is 3.78. The minimum Gasteiger partial charge on any atom is -0.492 e. The molecule has 0 atom stereocenters. The number of aromatic amines is 1. The Morgan fingerprint density at radius 1 is 1.10 bits per heavy atom. The van der Waals surface area contributed by atoms with Crippen LogP contribution < -0.4 is 4.74 Å². The molecule has 1 fully saturated rings. The first kappa shape index (κ1) is 25.7. The van der Waals surface area contributed by atoms with Crippen molar-refractivity contribution in [1.82, 2.24) is 33.8 Å². The Bertz CT molecular complexity index is 1690. The van der Waals surface area contributed by atoms with Crippen LogP contribution in [-0.2, 0) is 10.0 Å². The fourth-order valence-corrected chi connectivity index (χ4v) is 6.82. The van der Waals surface area contributed by atoms with Gasteiger partial charge < -0.3 is 9.72 Å². The summed E-state index contributed by atoms with van der Waals surface area (Å²) >= 11 is 1.59. The molecule has 0 aliphatic carbocycles. The second kappa shape index (κ2) is 10.5. The number of ether oxygens (including phenoxy) is 1. The number of sulfonamides is 1. The number of nitrogens with one attached hydrogen (secondary N) is 1. The van der Waals surface area contributed by atoms with Crippen LogP contribution in [0.4, 0.5) is 0 Å². The number of benzene rings is 1. The Kier molecular flexibility index (Phi) is 6.94. The highest BCUT2D eigenvalue weighted by atomic mass is 32.2. The number of nitrogens with zero attached hydrogens (tertiary/aromatic N) is 6. The first-order chi connectivity index (χ1) is 18.9. The van der Waals surface area contributed by atoms with E-state index in [0.29, 0.717) is 32.8 Å². The van der Waals surface area contributed by atoms with Crippen molar-refractivity contribution in [2.75, 3.05) is 45.6 Å². The number of thiazole rings is 1. The second-order valence-corrected chi connectivity index (χ2v) is 12.5. The molecule has 1 N–H and O–H groups in total. The molecule has 0 saturated carbocycles. The molecule has 6 rings (SSSR count). The van der Waals surface area contributed by atoms with Crippen LogP contribution in [-0.4, -0.2) is 87.8 Å². The molecular weight excluding hydrogens is 534 g/mol. The van der Waals surface area contributed by atoms with Crippen molar-refractivity contribution in [2.45, 2.75) is 6.92 Å². The van der Waals surface area contributed by atoms with E-state index in [0.717, 1.165) is 56.0 Å². The van der Waals surface area contributed by atoms with Crippen LogP contribution in [0.25, 0.3) is 38.0 Å². The quantitative estimate of drug-likeness (QED) is 0.306. The average molecular weight is 564 g/mol. The molecule has 1 aliphatic rings. The van der Waals surface area contributed by atoms with Gasteiger partial charge in [0.15, 0.2) is 0 Å². The van der Waals surface area contributed by atoms with E-state index in [1.807, 2.05) is 54.2 Å². The van der Waals surface area contributed by atoms with Crippen molar-refractivity contribution in [1.29, 1.82) is 0 Å². The van der Waals surface area contributed by atoms with Crippen molar-refractivity contribution in [3.63, 3.8) is 0 Å². The Morgan fingerprint density at radius 3 is 2.62 bits per heavy atom. The molecular formula is C27H29N7O3S2. The molecule has 1 saturated heterocycles. The minimum absolute atomic E-state index is 0.509. The summed E-state index contributed by atoms with van der Waals surface area (Å²) in [5, 5.41) is 5.60. The van der Waals surface area contributed by atoms with E-state index in [1.165, 1.54) is 10.6 Å². The number of hydrogen-bond donors (Lipinski definition) is 1. The zero-order valence-corrected chi connectivity index (χ0v) is 23.4. The lowest BCUT2D eigenvalue weighted by Gasteiger charge is -2.33. The van der Waals surface area contributed by atoms with E-state index in [4.69, 9.17) is 14.8 Å². The smallest absolute Gasteiger partial charge is 0.211 e. The number of aromatic nitrogens is 5. The largest absolute Gasteiger partial charge is 0.492 e. The number of pyridine rings is 1. The lowest BCUT2D eigenvalue weighted by molar-refractivity contribution is 0.159. The minimum atomic E-state index is -3.13. The van der Waals surface area contributed by atoms with Crippen LogP contribution >= 0.6 is 11.3 Å². The first-order valence-corrected chi connectivity index (χ1v) is 15.4. The Balaban J connectivity index is 1.24. The van der Waals surface area contributed by atoms with Gasteiger partial charge in [-0.15, -0.1) is 11.3 Å². The predicted molar refractivity (Wildman–Crippen MR) is 152 cm³/mol. The van der Waals surface area contributed by atoms with Crippen LogP contribution in [0.15, 0.2) is 61.1 Å². The number of H-pyrrole nitrogens is 1. The van der Waals surface area contributed by atoms with Gasteiger partial charge in [-0.25, -0.2) is 22.9 Å². The van der Waals surface area contributed by atoms with Gasteiger partial charge >= 0.3 is 0 Å². The monoisotopic (exact) mass is 563 g/mol. The highest BCUT2D eigenvalue weighted by molar-refractivity contribution is 7.88. The standard InChI is InChI=1S/C27H29N7O3S2/c1-19-23(27-30-24(20-6-4-3-5-7-20)25(38-27)26-28-9-10-29-26)22-18-21(8-11-34(22)31-19)37-17-16-32-12-14-33(15-13-32)39(2,35)36/h3-11,18H,12-17H2,1-2H3,(H,28,29). The van der Waals surface area contributed by atoms with Crippen LogP contribution in [0.3, 0.4) is 0 Å². The van der Waals surface area contributed by atoms with Gasteiger partial charge in [0.1, 0.15) is 23.2 Å². The van der Waals surface area contributed by atoms with E-state index >= 15 is 0 Å². The molecule has 202 valence electrons. The molecule has 0 radical (unpaired) electrons. The number of rotatable bonds is 8. The lowest BCUT2D eigenvalue weighted by Crippen LogP contribution is -2.49. The van der Waals surface area contributed by atoms with Crippen LogP contribution in [0.2, 0.25) is 0 Å². The van der Waals surface area contributed by atoms with E-state index in [2.05, 4.69) is 27.0 Å². The molecule has 0 amide bonds. The number of imidazole rings is 1. The van der Waals surface area contributed by atoms with Crippen molar-refractivity contribution >= 4 is 26.9 Å². The van der Waals surface area contributed by atoms with Crippen molar-refractivity contribution in [3.05, 3.63) is 66.7 Å². The van der Waals surface area contributed by atoms with Gasteiger partial charge in [0.2, 0.25) is 10.0 Å². The third kappa shape index (κ3) is 5.33. The van der Waals surface area contributed by atoms with E-state index in [1.54, 1.807) is 17.5 Å². The fraction of sp³-hybridized carbons (Fsp3) is 0.296. The zero-order valence-electron chi connectivity index (χ0n) is 21.7. The summed E-state index contributed by atoms with van der Waals surface area (Å²) in [6, 6.07) is 14.0. The van der Waals surface area contributed by atoms with Crippen molar-refractivity contribution < 1.29 is 13.2 Å². The topological polar surface area (TPSA) is 109 Å². The van der Waals surface area contributed by atoms with Gasteiger partial charge in [0.05, 0.1) is 33.6 Å². The number of piperazine rings is 1. The van der Waals surface area contributed by atoms with E-state index < -0.39 is 10.0 Å². The maximum atomic E-state index is 11.7. The van der Waals surface area contributed by atoms with Crippen LogP contribution in [0.1, 0.15) is 5.69 Å². The normalized spacial score (nSPS) is 15.2. The summed E-state index contributed by atoms with van der Waals surface area (Å²) in [6.07, 6.45) is 6.74. The average Bonchev–Trinajstić information content (AvgIpc) is 3.67. The van der Waals surface area contributed by atoms with Crippen molar-refractivity contribution in [3.8, 4) is 38.3 Å². The molecule has 1 aliphatic heterocycles. The molecule has 39 heavy (non-hydrogen) atoms. The Labute approximate surface area is 231 Å². The Morgan fingerprint density at radius 2 is 1.90 bits per heavy atom. The van der Waals surface area contributed by atoms with Crippen molar-refractivity contribution in [2.24, 2.45) is 0 Å². The third-order valence-electron chi connectivity index (χ3n) is 6.86. The van der Waals surface area contributed by atoms with Gasteiger partial charge in [-0.05, 0) is 13.0 Å². The summed E-state index contributed by atoms with van der Waals surface area (Å²) in [7, 11) is -3.13. The molecule has 0 spiro atoms. The van der Waals surface area contributed by atoms with Crippen LogP contribution in [0, 0.1) is 6.92 Å². The first-order valence-electron chi connectivity index (χ1n) is 12.7. The molecule has 10 nitrogen and oxygen atoms in total. The summed E-state index contributed by atoms with van der Waals surface area (Å²) in [5.41, 5.74) is 4.69. The fourth-order valence-electron chi connectivity index (χ4n) is 4.84. The van der Waals surface area contributed by atoms with E-state index in [-0.39, 0.29) is 0 Å². The molecule has 5 aromatic rings. The summed E-state index contributed by atoms with van der Waals surface area (Å²) in [4.78, 5) is 16.0. The number of hydrogen-bond acceptors (Lipinski definition) is 8. The number of aryl methyl sites for hydroxylation is 1. The maximum absolute atomic E-state index is 11.7.